The molecule has 96 valence electrons. The van der Waals surface area contributed by atoms with Gasteiger partial charge in [0.15, 0.2) is 0 Å². The zero-order chi connectivity index (χ0) is 14.8. The molecule has 1 aliphatic rings. The Balaban J connectivity index is -0.000000142. The van der Waals surface area contributed by atoms with E-state index in [0.29, 0.717) is 6.61 Å². The third-order valence-corrected chi connectivity index (χ3v) is 1.45. The maximum atomic E-state index is 7.50. The van der Waals surface area contributed by atoms with Crippen molar-refractivity contribution < 1.29 is 36.1 Å². The molecule has 0 aromatic heterocycles. The fraction of sp³-hybridized carbons (Fsp3) is 0.0714. The average molecular weight is 294 g/mol. The van der Waals surface area contributed by atoms with Crippen LogP contribution in [0, 0.1) is 70.0 Å². The zero-order valence-corrected chi connectivity index (χ0v) is 11.2. The summed E-state index contributed by atoms with van der Waals surface area (Å²) >= 11 is 0. The number of rotatable bonds is 3. The van der Waals surface area contributed by atoms with E-state index in [1.165, 1.54) is 0 Å². The fourth-order valence-corrected chi connectivity index (χ4v) is 0.900. The first-order valence-corrected chi connectivity index (χ1v) is 4.27. The van der Waals surface area contributed by atoms with E-state index in [4.69, 9.17) is 25.1 Å². The van der Waals surface area contributed by atoms with Gasteiger partial charge in [0, 0.05) is 29.7 Å². The standard InChI is InChI=1S/C11H10O.3CO.Cr/c1-3-9-12-11-8-6-5-7-10(11)4-2;3*1-2;/h1,4-8H,2,9H2;;;;. The maximum Gasteiger partial charge on any atom is 0 e. The molecule has 4 nitrogen and oxygen atoms in total. The van der Waals surface area contributed by atoms with Gasteiger partial charge in [0.05, 0.1) is 0 Å². The molecule has 0 N–H and O–H groups in total. The van der Waals surface area contributed by atoms with Gasteiger partial charge in [-0.05, 0) is 19.3 Å². The van der Waals surface area contributed by atoms with Gasteiger partial charge in [-0.3, -0.25) is 0 Å². The summed E-state index contributed by atoms with van der Waals surface area (Å²) < 4.78 is 27.8. The summed E-state index contributed by atoms with van der Waals surface area (Å²) in [5, 5.41) is 0. The first-order chi connectivity index (χ1) is 8.88. The van der Waals surface area contributed by atoms with Gasteiger partial charge in [-0.25, -0.2) is 0 Å². The van der Waals surface area contributed by atoms with E-state index >= 15 is 0 Å². The predicted octanol–water partition coefficient (Wildman–Crippen LogP) is 1.64. The van der Waals surface area contributed by atoms with Crippen molar-refractivity contribution in [3.63, 3.8) is 0 Å². The summed E-state index contributed by atoms with van der Waals surface area (Å²) in [7, 11) is 0. The van der Waals surface area contributed by atoms with Crippen molar-refractivity contribution in [2.75, 3.05) is 6.61 Å². The monoisotopic (exact) mass is 294 g/mol. The molecule has 5 heteroatoms. The molecule has 0 saturated heterocycles. The predicted molar refractivity (Wildman–Crippen MR) is 60.5 cm³/mol. The van der Waals surface area contributed by atoms with Crippen molar-refractivity contribution >= 4 is 0 Å². The smallest absolute Gasteiger partial charge is 0 e. The number of hydrogen-bond acceptors (Lipinski definition) is 1. The summed E-state index contributed by atoms with van der Waals surface area (Å²) in [6.07, 6.45) is 15.2. The normalized spacial score (nSPS) is 13.1. The van der Waals surface area contributed by atoms with Gasteiger partial charge in [0.25, 0.3) is 0 Å². The van der Waals surface area contributed by atoms with Crippen LogP contribution in [0.4, 0.5) is 0 Å². The minimum absolute atomic E-state index is 0. The van der Waals surface area contributed by atoms with Gasteiger partial charge < -0.3 is 4.74 Å². The molecular weight excluding hydrogens is 284 g/mol. The van der Waals surface area contributed by atoms with Crippen LogP contribution >= 0.6 is 0 Å². The molecule has 0 atom stereocenters. The van der Waals surface area contributed by atoms with Crippen LogP contribution in [0.25, 0.3) is 0 Å². The largest absolute Gasteiger partial charge is 0 e. The SMILES string of the molecule is C#CCO[C]1[CH][CH][CH][CH][C]1C=C.[C-]#[O+].[C-]#[O+].[C-]#[O+].[Cr]. The molecular formula is C14H10CrO4. The Labute approximate surface area is 125 Å². The minimum Gasteiger partial charge on any atom is 0 e. The van der Waals surface area contributed by atoms with Crippen LogP contribution < -0.4 is 0 Å². The second-order valence-corrected chi connectivity index (χ2v) is 2.23. The van der Waals surface area contributed by atoms with Crippen LogP contribution in [-0.4, -0.2) is 6.61 Å². The molecule has 0 aliphatic heterocycles. The summed E-state index contributed by atoms with van der Waals surface area (Å²) in [5.41, 5.74) is 0. The molecule has 0 amide bonds. The van der Waals surface area contributed by atoms with E-state index in [1.54, 1.807) is 6.08 Å². The Hall–Kier alpha value is -0.988. The maximum absolute atomic E-state index is 7.50. The van der Waals surface area contributed by atoms with Crippen molar-refractivity contribution in [2.24, 2.45) is 0 Å². The molecule has 1 saturated carbocycles. The van der Waals surface area contributed by atoms with Gasteiger partial charge in [0.1, 0.15) is 12.7 Å². The van der Waals surface area contributed by atoms with Crippen LogP contribution in [-0.2, 0) is 36.1 Å². The Bertz CT molecular complexity index is 274. The molecule has 1 aliphatic carbocycles. The Morgan fingerprint density at radius 3 is 2.05 bits per heavy atom. The Morgan fingerprint density at radius 2 is 1.63 bits per heavy atom. The third kappa shape index (κ3) is 15.0. The quantitative estimate of drug-likeness (QED) is 0.443. The van der Waals surface area contributed by atoms with Crippen LogP contribution in [0.1, 0.15) is 0 Å². The molecule has 1 rings (SSSR count). The van der Waals surface area contributed by atoms with Gasteiger partial charge in [0.2, 0.25) is 0 Å². The number of terminal acetylenes is 1. The van der Waals surface area contributed by atoms with Gasteiger partial charge in [-0.15, -0.1) is 13.0 Å². The molecule has 19 heavy (non-hydrogen) atoms. The summed E-state index contributed by atoms with van der Waals surface area (Å²) in [6, 6.07) is 0. The Morgan fingerprint density at radius 1 is 1.16 bits per heavy atom. The van der Waals surface area contributed by atoms with Crippen molar-refractivity contribution in [1.29, 1.82) is 0 Å². The van der Waals surface area contributed by atoms with Gasteiger partial charge in [-0.2, -0.15) is 0 Å². The first-order valence-electron chi connectivity index (χ1n) is 4.27. The molecule has 1 fully saturated rings. The van der Waals surface area contributed by atoms with Crippen LogP contribution in [0.3, 0.4) is 0 Å². The zero-order valence-electron chi connectivity index (χ0n) is 9.92. The molecule has 0 bridgehead atoms. The average Bonchev–Trinajstić information content (AvgIpc) is 2.51. The van der Waals surface area contributed by atoms with Gasteiger partial charge in [-0.1, -0.05) is 12.0 Å². The molecule has 0 spiro atoms. The van der Waals surface area contributed by atoms with E-state index in [9.17, 15) is 0 Å². The minimum atomic E-state index is 0. The summed E-state index contributed by atoms with van der Waals surface area (Å²) in [4.78, 5) is 0. The van der Waals surface area contributed by atoms with Crippen molar-refractivity contribution in [1.82, 2.24) is 0 Å². The summed E-state index contributed by atoms with van der Waals surface area (Å²) in [6.45, 7) is 17.5. The third-order valence-electron chi connectivity index (χ3n) is 1.45. The second kappa shape index (κ2) is 25.8. The molecule has 0 aromatic carbocycles. The number of ether oxygens (including phenoxy) is 1. The summed E-state index contributed by atoms with van der Waals surface area (Å²) in [5.74, 6) is 3.38. The second-order valence-electron chi connectivity index (χ2n) is 2.23. The van der Waals surface area contributed by atoms with E-state index in [2.05, 4.69) is 32.5 Å². The fourth-order valence-electron chi connectivity index (χ4n) is 0.900. The molecule has 0 heterocycles. The molecule has 6 radical (unpaired) electrons. The van der Waals surface area contributed by atoms with E-state index in [-0.39, 0.29) is 17.4 Å². The van der Waals surface area contributed by atoms with Crippen LogP contribution in [0.15, 0.2) is 12.7 Å². The van der Waals surface area contributed by atoms with E-state index < -0.39 is 0 Å². The topological polar surface area (TPSA) is 68.9 Å². The van der Waals surface area contributed by atoms with Crippen LogP contribution in [0.2, 0.25) is 0 Å². The van der Waals surface area contributed by atoms with Crippen molar-refractivity contribution in [3.8, 4) is 12.3 Å². The first kappa shape index (κ1) is 26.6. The van der Waals surface area contributed by atoms with Gasteiger partial charge >= 0.3 is 33.9 Å². The molecule has 0 aromatic rings. The number of hydrogen-bond donors (Lipinski definition) is 0. The van der Waals surface area contributed by atoms with Crippen LogP contribution in [0.5, 0.6) is 0 Å². The van der Waals surface area contributed by atoms with Crippen molar-refractivity contribution in [3.05, 3.63) is 70.3 Å². The molecule has 0 unspecified atom stereocenters. The Kier molecular flexibility index (Phi) is 36.0. The van der Waals surface area contributed by atoms with Crippen molar-refractivity contribution in [2.45, 2.75) is 0 Å². The van der Waals surface area contributed by atoms with E-state index in [1.807, 2.05) is 25.7 Å². The van der Waals surface area contributed by atoms with E-state index in [0.717, 1.165) is 12.0 Å².